The number of nitrogen functional groups attached to an aromatic ring is 1. The number of alkyl halides is 3. The Morgan fingerprint density at radius 1 is 1.07 bits per heavy atom. The second-order valence-corrected chi connectivity index (χ2v) is 5.94. The third-order valence-electron chi connectivity index (χ3n) is 4.28. The van der Waals surface area contributed by atoms with Crippen LogP contribution in [0.15, 0.2) is 47.8 Å². The van der Waals surface area contributed by atoms with E-state index in [2.05, 4.69) is 4.98 Å². The smallest absolute Gasteiger partial charge is 0.384 e. The number of imide groups is 1. The molecule has 2 aromatic heterocycles. The third kappa shape index (κ3) is 2.55. The molecule has 0 fully saturated rings. The van der Waals surface area contributed by atoms with E-state index in [9.17, 15) is 27.6 Å². The van der Waals surface area contributed by atoms with Gasteiger partial charge >= 0.3 is 6.18 Å². The summed E-state index contributed by atoms with van der Waals surface area (Å²) >= 11 is 0. The molecule has 0 radical (unpaired) electrons. The summed E-state index contributed by atoms with van der Waals surface area (Å²) in [6, 6.07) is 4.02. The van der Waals surface area contributed by atoms with Crippen LogP contribution in [0.3, 0.4) is 0 Å². The van der Waals surface area contributed by atoms with Crippen molar-refractivity contribution in [2.45, 2.75) is 6.18 Å². The van der Waals surface area contributed by atoms with E-state index < -0.39 is 34.9 Å². The number of imidazole rings is 1. The molecule has 8 nitrogen and oxygen atoms in total. The first-order valence-corrected chi connectivity index (χ1v) is 7.79. The minimum Gasteiger partial charge on any atom is -0.384 e. The van der Waals surface area contributed by atoms with Crippen molar-refractivity contribution in [3.8, 4) is 11.4 Å². The van der Waals surface area contributed by atoms with Crippen LogP contribution in [0.2, 0.25) is 0 Å². The first-order chi connectivity index (χ1) is 13.2. The van der Waals surface area contributed by atoms with Crippen molar-refractivity contribution in [1.29, 1.82) is 0 Å². The molecule has 2 amide bonds. The first kappa shape index (κ1) is 17.5. The molecule has 0 unspecified atom stereocenters. The molecule has 28 heavy (non-hydrogen) atoms. The Morgan fingerprint density at radius 2 is 1.82 bits per heavy atom. The minimum atomic E-state index is -4.74. The second-order valence-electron chi connectivity index (χ2n) is 5.94. The van der Waals surface area contributed by atoms with Gasteiger partial charge in [-0.15, -0.1) is 0 Å². The largest absolute Gasteiger partial charge is 0.418 e. The van der Waals surface area contributed by atoms with Crippen LogP contribution in [0.25, 0.3) is 11.4 Å². The van der Waals surface area contributed by atoms with Crippen molar-refractivity contribution in [3.05, 3.63) is 70.0 Å². The van der Waals surface area contributed by atoms with Crippen LogP contribution < -0.4 is 16.6 Å². The fourth-order valence-corrected chi connectivity index (χ4v) is 3.06. The van der Waals surface area contributed by atoms with Gasteiger partial charge in [0.05, 0.1) is 34.4 Å². The Labute approximate surface area is 154 Å². The molecule has 1 aliphatic rings. The van der Waals surface area contributed by atoms with Gasteiger partial charge in [-0.3, -0.25) is 24.3 Å². The van der Waals surface area contributed by atoms with Gasteiger partial charge in [0.2, 0.25) is 0 Å². The molecule has 3 heterocycles. The van der Waals surface area contributed by atoms with E-state index in [0.717, 1.165) is 22.8 Å². The molecule has 11 heteroatoms. The Morgan fingerprint density at radius 3 is 2.46 bits per heavy atom. The van der Waals surface area contributed by atoms with Gasteiger partial charge in [-0.25, -0.2) is 4.98 Å². The highest BCUT2D eigenvalue weighted by molar-refractivity contribution is 6.23. The zero-order valence-corrected chi connectivity index (χ0v) is 13.8. The van der Waals surface area contributed by atoms with Crippen LogP contribution in [-0.2, 0) is 6.18 Å². The summed E-state index contributed by atoms with van der Waals surface area (Å²) in [7, 11) is 0. The number of nitrogens with two attached hydrogens (primary N) is 1. The molecule has 4 rings (SSSR count). The number of amides is 2. The predicted octanol–water partition coefficient (Wildman–Crippen LogP) is 1.51. The molecule has 0 saturated carbocycles. The minimum absolute atomic E-state index is 0.200. The van der Waals surface area contributed by atoms with Gasteiger partial charge in [-0.2, -0.15) is 13.2 Å². The molecule has 1 aliphatic heterocycles. The number of anilines is 1. The van der Waals surface area contributed by atoms with Crippen molar-refractivity contribution in [2.75, 3.05) is 5.73 Å². The number of halogens is 3. The van der Waals surface area contributed by atoms with E-state index in [4.69, 9.17) is 5.73 Å². The van der Waals surface area contributed by atoms with Crippen molar-refractivity contribution >= 4 is 17.6 Å². The molecule has 142 valence electrons. The zero-order valence-electron chi connectivity index (χ0n) is 13.8. The number of rotatable bonds is 2. The number of fused-ring (bicyclic) bond motifs is 1. The molecule has 0 spiro atoms. The van der Waals surface area contributed by atoms with Gasteiger partial charge in [0.1, 0.15) is 5.82 Å². The fourth-order valence-electron chi connectivity index (χ4n) is 3.06. The summed E-state index contributed by atoms with van der Waals surface area (Å²) in [5.74, 6) is -2.03. The van der Waals surface area contributed by atoms with Crippen LogP contribution in [-0.4, -0.2) is 25.9 Å². The van der Waals surface area contributed by atoms with E-state index in [1.54, 1.807) is 0 Å². The zero-order chi connectivity index (χ0) is 20.2. The number of nitrogens with one attached hydrogen (secondary N) is 1. The standard InChI is InChI=1S/C17H10F3N5O3/c18-17(19,20)10-5-8(1-2-11(10)24-4-3-22-7-24)25-12(26)6-9-13(14(25)21)16(28)23-15(9)27/h1-7H,21H2,(H,23,27,28). The van der Waals surface area contributed by atoms with Crippen LogP contribution in [0.5, 0.6) is 0 Å². The number of pyridine rings is 1. The van der Waals surface area contributed by atoms with Crippen LogP contribution in [0.1, 0.15) is 26.3 Å². The monoisotopic (exact) mass is 389 g/mol. The van der Waals surface area contributed by atoms with E-state index in [1.165, 1.54) is 29.4 Å². The molecule has 0 aliphatic carbocycles. The van der Waals surface area contributed by atoms with Gasteiger partial charge in [0.25, 0.3) is 17.4 Å². The summed E-state index contributed by atoms with van der Waals surface area (Å²) in [6.45, 7) is 0. The number of hydrogen-bond acceptors (Lipinski definition) is 5. The lowest BCUT2D eigenvalue weighted by Gasteiger charge is -2.17. The van der Waals surface area contributed by atoms with Crippen LogP contribution in [0.4, 0.5) is 19.0 Å². The predicted molar refractivity (Wildman–Crippen MR) is 90.4 cm³/mol. The lowest BCUT2D eigenvalue weighted by molar-refractivity contribution is -0.137. The summed E-state index contributed by atoms with van der Waals surface area (Å²) in [6.07, 6.45) is -0.864. The molecule has 0 bridgehead atoms. The number of nitrogens with zero attached hydrogens (tertiary/aromatic N) is 3. The van der Waals surface area contributed by atoms with Gasteiger partial charge in [-0.1, -0.05) is 0 Å². The number of carbonyl (C=O) groups excluding carboxylic acids is 2. The van der Waals surface area contributed by atoms with Crippen LogP contribution in [0, 0.1) is 0 Å². The van der Waals surface area contributed by atoms with E-state index in [1.807, 2.05) is 5.32 Å². The van der Waals surface area contributed by atoms with E-state index in [-0.39, 0.29) is 22.5 Å². The highest BCUT2D eigenvalue weighted by Crippen LogP contribution is 2.35. The number of benzene rings is 1. The average molecular weight is 389 g/mol. The average Bonchev–Trinajstić information content (AvgIpc) is 3.23. The maximum absolute atomic E-state index is 13.6. The third-order valence-corrected chi connectivity index (χ3v) is 4.28. The van der Waals surface area contributed by atoms with Crippen molar-refractivity contribution < 1.29 is 22.8 Å². The second kappa shape index (κ2) is 5.81. The number of hydrogen-bond donors (Lipinski definition) is 2. The fraction of sp³-hybridized carbons (Fsp3) is 0.0588. The number of carbonyl (C=O) groups is 2. The molecular formula is C17H10F3N5O3. The molecule has 0 atom stereocenters. The van der Waals surface area contributed by atoms with E-state index >= 15 is 0 Å². The Bertz CT molecular complexity index is 1200. The summed E-state index contributed by atoms with van der Waals surface area (Å²) in [4.78, 5) is 39.8. The van der Waals surface area contributed by atoms with Gasteiger partial charge in [0, 0.05) is 18.5 Å². The Balaban J connectivity index is 1.97. The topological polar surface area (TPSA) is 112 Å². The lowest BCUT2D eigenvalue weighted by Crippen LogP contribution is -2.24. The first-order valence-electron chi connectivity index (χ1n) is 7.79. The summed E-state index contributed by atoms with van der Waals surface area (Å²) < 4.78 is 42.8. The molecule has 0 saturated heterocycles. The molecule has 1 aromatic carbocycles. The van der Waals surface area contributed by atoms with E-state index in [0.29, 0.717) is 0 Å². The Kier molecular flexibility index (Phi) is 3.63. The SMILES string of the molecule is Nc1c2c(cc(=O)n1-c1ccc(-n3ccnc3)c(C(F)(F)F)c1)C(=O)NC2=O. The highest BCUT2D eigenvalue weighted by Gasteiger charge is 2.36. The van der Waals surface area contributed by atoms with Gasteiger partial charge in [0.15, 0.2) is 0 Å². The van der Waals surface area contributed by atoms with Crippen molar-refractivity contribution in [3.63, 3.8) is 0 Å². The van der Waals surface area contributed by atoms with Crippen molar-refractivity contribution in [1.82, 2.24) is 19.4 Å². The quantitative estimate of drug-likeness (QED) is 0.646. The highest BCUT2D eigenvalue weighted by atomic mass is 19.4. The maximum atomic E-state index is 13.6. The normalized spacial score (nSPS) is 13.5. The summed E-state index contributed by atoms with van der Waals surface area (Å²) in [5, 5.41) is 1.99. The van der Waals surface area contributed by atoms with Crippen molar-refractivity contribution in [2.24, 2.45) is 0 Å². The summed E-state index contributed by atoms with van der Waals surface area (Å²) in [5.41, 5.74) is 3.12. The molecule has 3 N–H and O–H groups in total. The van der Waals surface area contributed by atoms with Gasteiger partial charge < -0.3 is 10.3 Å². The lowest BCUT2D eigenvalue weighted by atomic mass is 10.1. The molecular weight excluding hydrogens is 379 g/mol. The Hall–Kier alpha value is -3.89. The molecule has 3 aromatic rings. The number of aromatic nitrogens is 3. The maximum Gasteiger partial charge on any atom is 0.418 e. The van der Waals surface area contributed by atoms with Crippen LogP contribution >= 0.6 is 0 Å². The van der Waals surface area contributed by atoms with Gasteiger partial charge in [-0.05, 0) is 18.2 Å².